The molecule has 0 unspecified atom stereocenters. The number of para-hydroxylation sites is 3. The maximum atomic E-state index is 6.12. The van der Waals surface area contributed by atoms with Gasteiger partial charge in [-0.15, -0.1) is 0 Å². The lowest BCUT2D eigenvalue weighted by molar-refractivity contribution is 0.668. The summed E-state index contributed by atoms with van der Waals surface area (Å²) in [6.07, 6.45) is 3.74. The fraction of sp³-hybridized carbons (Fsp3) is 0. The zero-order valence-electron chi connectivity index (χ0n) is 17.5. The monoisotopic (exact) mass is 427 g/mol. The number of rotatable bonds is 3. The lowest BCUT2D eigenvalue weighted by Crippen LogP contribution is -2.11. The molecular formula is C28H17N3O2. The van der Waals surface area contributed by atoms with Crippen LogP contribution in [0.15, 0.2) is 112 Å². The molecule has 5 nitrogen and oxygen atoms in total. The Morgan fingerprint density at radius 2 is 1.21 bits per heavy atom. The van der Waals surface area contributed by atoms with Gasteiger partial charge in [0.2, 0.25) is 0 Å². The van der Waals surface area contributed by atoms with Gasteiger partial charge in [-0.25, -0.2) is 9.97 Å². The Bertz CT molecular complexity index is 1670. The number of nitrogens with zero attached hydrogens (tertiary/aromatic N) is 3. The highest BCUT2D eigenvalue weighted by Gasteiger charge is 2.18. The van der Waals surface area contributed by atoms with Crippen LogP contribution in [-0.2, 0) is 0 Å². The summed E-state index contributed by atoms with van der Waals surface area (Å²) in [6, 6.07) is 30.1. The van der Waals surface area contributed by atoms with Crippen LogP contribution in [0.2, 0.25) is 0 Å². The first-order chi connectivity index (χ1) is 16.3. The Labute approximate surface area is 188 Å². The maximum absolute atomic E-state index is 6.12. The Morgan fingerprint density at radius 3 is 2.06 bits per heavy atom. The predicted octanol–water partition coefficient (Wildman–Crippen LogP) is 7.75. The van der Waals surface area contributed by atoms with Crippen molar-refractivity contribution in [3.63, 3.8) is 0 Å². The fourth-order valence-corrected chi connectivity index (χ4v) is 4.43. The van der Waals surface area contributed by atoms with Gasteiger partial charge in [-0.3, -0.25) is 4.90 Å². The van der Waals surface area contributed by atoms with Crippen LogP contribution in [0, 0.1) is 0 Å². The van der Waals surface area contributed by atoms with Gasteiger partial charge in [0, 0.05) is 40.2 Å². The summed E-state index contributed by atoms with van der Waals surface area (Å²) < 4.78 is 12.2. The second kappa shape index (κ2) is 6.93. The van der Waals surface area contributed by atoms with Crippen LogP contribution in [-0.4, -0.2) is 9.97 Å². The minimum absolute atomic E-state index is 0.736. The number of aromatic nitrogens is 2. The average molecular weight is 427 g/mol. The Morgan fingerprint density at radius 1 is 0.515 bits per heavy atom. The summed E-state index contributed by atoms with van der Waals surface area (Å²) in [5, 5.41) is 3.06. The highest BCUT2D eigenvalue weighted by molar-refractivity contribution is 6.06. The molecule has 5 heteroatoms. The molecule has 0 saturated heterocycles. The van der Waals surface area contributed by atoms with E-state index in [1.807, 2.05) is 97.3 Å². The standard InChI is InChI=1S/C28H17N3O2/c1-2-8-18(9-3-1)31(19-14-26-28(30-16-19)21-11-5-7-13-24(21)33-26)27-15-25-22(17-29-27)20-10-4-6-12-23(20)32-25/h1-17H. The maximum Gasteiger partial charge on any atom is 0.155 e. The van der Waals surface area contributed by atoms with Gasteiger partial charge in [0.25, 0.3) is 0 Å². The number of hydrogen-bond donors (Lipinski definition) is 0. The second-order valence-electron chi connectivity index (χ2n) is 7.95. The van der Waals surface area contributed by atoms with Crippen molar-refractivity contribution in [3.05, 3.63) is 103 Å². The van der Waals surface area contributed by atoms with E-state index in [1.165, 1.54) is 0 Å². The molecule has 0 N–H and O–H groups in total. The summed E-state index contributed by atoms with van der Waals surface area (Å²) >= 11 is 0. The first-order valence-corrected chi connectivity index (χ1v) is 10.7. The van der Waals surface area contributed by atoms with Crippen molar-refractivity contribution in [3.8, 4) is 0 Å². The quantitative estimate of drug-likeness (QED) is 0.289. The van der Waals surface area contributed by atoms with E-state index in [-0.39, 0.29) is 0 Å². The molecule has 7 aromatic rings. The highest BCUT2D eigenvalue weighted by atomic mass is 16.3. The Balaban J connectivity index is 1.45. The molecule has 3 aromatic carbocycles. The van der Waals surface area contributed by atoms with E-state index in [4.69, 9.17) is 18.8 Å². The molecule has 4 aromatic heterocycles. The fourth-order valence-electron chi connectivity index (χ4n) is 4.43. The van der Waals surface area contributed by atoms with Gasteiger partial charge in [0.05, 0.1) is 11.9 Å². The number of fused-ring (bicyclic) bond motifs is 6. The largest absolute Gasteiger partial charge is 0.456 e. The Kier molecular flexibility index (Phi) is 3.78. The molecule has 0 aliphatic heterocycles. The molecule has 0 fully saturated rings. The molecule has 0 aliphatic carbocycles. The van der Waals surface area contributed by atoms with Crippen LogP contribution in [0.5, 0.6) is 0 Å². The molecule has 0 saturated carbocycles. The predicted molar refractivity (Wildman–Crippen MR) is 131 cm³/mol. The topological polar surface area (TPSA) is 55.3 Å². The van der Waals surface area contributed by atoms with Crippen molar-refractivity contribution in [2.24, 2.45) is 0 Å². The van der Waals surface area contributed by atoms with Crippen LogP contribution in [0.25, 0.3) is 44.0 Å². The summed E-state index contributed by atoms with van der Waals surface area (Å²) in [4.78, 5) is 11.6. The van der Waals surface area contributed by atoms with Gasteiger partial charge in [-0.2, -0.15) is 0 Å². The summed E-state index contributed by atoms with van der Waals surface area (Å²) in [5.74, 6) is 0.741. The van der Waals surface area contributed by atoms with Crippen molar-refractivity contribution in [1.82, 2.24) is 9.97 Å². The van der Waals surface area contributed by atoms with E-state index >= 15 is 0 Å². The van der Waals surface area contributed by atoms with Crippen LogP contribution in [0.1, 0.15) is 0 Å². The molecule has 7 rings (SSSR count). The van der Waals surface area contributed by atoms with E-state index < -0.39 is 0 Å². The van der Waals surface area contributed by atoms with Crippen molar-refractivity contribution in [2.75, 3.05) is 4.90 Å². The van der Waals surface area contributed by atoms with Crippen LogP contribution in [0.3, 0.4) is 0 Å². The van der Waals surface area contributed by atoms with Gasteiger partial charge in [-0.05, 0) is 30.3 Å². The molecule has 4 heterocycles. The van der Waals surface area contributed by atoms with E-state index in [1.54, 1.807) is 0 Å². The molecule has 0 aliphatic rings. The molecule has 0 bridgehead atoms. The lowest BCUT2D eigenvalue weighted by Gasteiger charge is -2.23. The summed E-state index contributed by atoms with van der Waals surface area (Å²) in [7, 11) is 0. The van der Waals surface area contributed by atoms with Crippen molar-refractivity contribution >= 4 is 61.2 Å². The third kappa shape index (κ3) is 2.79. The van der Waals surface area contributed by atoms with Crippen LogP contribution < -0.4 is 4.90 Å². The number of pyridine rings is 2. The molecule has 33 heavy (non-hydrogen) atoms. The third-order valence-electron chi connectivity index (χ3n) is 5.95. The summed E-state index contributed by atoms with van der Waals surface area (Å²) in [5.41, 5.74) is 5.88. The average Bonchev–Trinajstić information content (AvgIpc) is 3.42. The molecule has 0 amide bonds. The third-order valence-corrected chi connectivity index (χ3v) is 5.95. The first-order valence-electron chi connectivity index (χ1n) is 10.7. The number of furan rings is 2. The summed E-state index contributed by atoms with van der Waals surface area (Å²) in [6.45, 7) is 0. The molecule has 0 atom stereocenters. The SMILES string of the molecule is c1ccc(N(c2cnc3c(c2)oc2ccccc23)c2cc3oc4ccccc4c3cn2)cc1. The highest BCUT2D eigenvalue weighted by Crippen LogP contribution is 2.38. The smallest absolute Gasteiger partial charge is 0.155 e. The van der Waals surface area contributed by atoms with Crippen molar-refractivity contribution in [2.45, 2.75) is 0 Å². The number of hydrogen-bond acceptors (Lipinski definition) is 5. The normalized spacial score (nSPS) is 11.6. The molecule has 0 radical (unpaired) electrons. The van der Waals surface area contributed by atoms with Gasteiger partial charge in [-0.1, -0.05) is 48.5 Å². The van der Waals surface area contributed by atoms with E-state index in [9.17, 15) is 0 Å². The molecule has 0 spiro atoms. The second-order valence-corrected chi connectivity index (χ2v) is 7.95. The molecular weight excluding hydrogens is 410 g/mol. The van der Waals surface area contributed by atoms with Gasteiger partial charge in [0.1, 0.15) is 28.1 Å². The van der Waals surface area contributed by atoms with Crippen LogP contribution >= 0.6 is 0 Å². The zero-order chi connectivity index (χ0) is 21.8. The minimum atomic E-state index is 0.736. The van der Waals surface area contributed by atoms with Gasteiger partial charge >= 0.3 is 0 Å². The van der Waals surface area contributed by atoms with E-state index in [0.29, 0.717) is 0 Å². The van der Waals surface area contributed by atoms with Crippen molar-refractivity contribution < 1.29 is 8.83 Å². The lowest BCUT2D eigenvalue weighted by atomic mass is 10.2. The van der Waals surface area contributed by atoms with Crippen LogP contribution in [0.4, 0.5) is 17.2 Å². The number of anilines is 3. The van der Waals surface area contributed by atoms with Gasteiger partial charge in [0.15, 0.2) is 5.58 Å². The van der Waals surface area contributed by atoms with E-state index in [0.717, 1.165) is 61.2 Å². The van der Waals surface area contributed by atoms with Gasteiger partial charge < -0.3 is 8.83 Å². The number of benzene rings is 3. The molecule has 156 valence electrons. The zero-order valence-corrected chi connectivity index (χ0v) is 17.5. The van der Waals surface area contributed by atoms with E-state index in [2.05, 4.69) is 11.0 Å². The first kappa shape index (κ1) is 18.0. The van der Waals surface area contributed by atoms with Crippen molar-refractivity contribution in [1.29, 1.82) is 0 Å². The minimum Gasteiger partial charge on any atom is -0.456 e. The Hall–Kier alpha value is -4.64.